The standard InChI is InChI=1S/C21H18O/c1-2-9-18-14-15-19(17-10-5-3-6-11-17)16-21(18)22-20-12-7-4-8-13-20/h2-16H,1H3/b9-2+. The van der Waals surface area contributed by atoms with Gasteiger partial charge in [-0.1, -0.05) is 72.8 Å². The van der Waals surface area contributed by atoms with Crippen LogP contribution in [0.1, 0.15) is 12.5 Å². The number of rotatable bonds is 4. The van der Waals surface area contributed by atoms with E-state index in [0.717, 1.165) is 22.6 Å². The van der Waals surface area contributed by atoms with Gasteiger partial charge in [-0.25, -0.2) is 0 Å². The van der Waals surface area contributed by atoms with Crippen molar-refractivity contribution in [1.29, 1.82) is 0 Å². The summed E-state index contributed by atoms with van der Waals surface area (Å²) in [6.45, 7) is 2.01. The first kappa shape index (κ1) is 14.2. The van der Waals surface area contributed by atoms with Crippen LogP contribution in [-0.2, 0) is 0 Å². The summed E-state index contributed by atoms with van der Waals surface area (Å²) < 4.78 is 6.07. The lowest BCUT2D eigenvalue weighted by Crippen LogP contribution is -1.89. The van der Waals surface area contributed by atoms with Crippen LogP contribution in [0.25, 0.3) is 17.2 Å². The molecule has 0 aliphatic rings. The molecular formula is C21H18O. The Labute approximate surface area is 131 Å². The minimum Gasteiger partial charge on any atom is -0.457 e. The zero-order valence-corrected chi connectivity index (χ0v) is 12.6. The summed E-state index contributed by atoms with van der Waals surface area (Å²) in [4.78, 5) is 0. The zero-order chi connectivity index (χ0) is 15.2. The van der Waals surface area contributed by atoms with Gasteiger partial charge in [0.25, 0.3) is 0 Å². The van der Waals surface area contributed by atoms with Crippen molar-refractivity contribution in [3.05, 3.63) is 90.5 Å². The summed E-state index contributed by atoms with van der Waals surface area (Å²) in [7, 11) is 0. The van der Waals surface area contributed by atoms with E-state index in [0.29, 0.717) is 0 Å². The van der Waals surface area contributed by atoms with E-state index < -0.39 is 0 Å². The Bertz CT molecular complexity index is 758. The molecule has 1 nitrogen and oxygen atoms in total. The third-order valence-corrected chi connectivity index (χ3v) is 3.44. The van der Waals surface area contributed by atoms with Crippen LogP contribution >= 0.6 is 0 Å². The highest BCUT2D eigenvalue weighted by Crippen LogP contribution is 2.31. The van der Waals surface area contributed by atoms with E-state index in [1.54, 1.807) is 0 Å². The van der Waals surface area contributed by atoms with E-state index in [4.69, 9.17) is 4.74 Å². The Hall–Kier alpha value is -2.80. The molecule has 0 spiro atoms. The quantitative estimate of drug-likeness (QED) is 0.556. The molecule has 22 heavy (non-hydrogen) atoms. The number of allylic oxidation sites excluding steroid dienone is 1. The number of hydrogen-bond donors (Lipinski definition) is 0. The summed E-state index contributed by atoms with van der Waals surface area (Å²) in [5.41, 5.74) is 3.42. The first-order valence-corrected chi connectivity index (χ1v) is 7.42. The fourth-order valence-electron chi connectivity index (χ4n) is 2.37. The highest BCUT2D eigenvalue weighted by molar-refractivity contribution is 5.70. The molecule has 0 bridgehead atoms. The normalized spacial score (nSPS) is 10.8. The lowest BCUT2D eigenvalue weighted by atomic mass is 10.0. The summed E-state index contributed by atoms with van der Waals surface area (Å²) in [5, 5.41) is 0. The van der Waals surface area contributed by atoms with Gasteiger partial charge in [0.1, 0.15) is 11.5 Å². The number of hydrogen-bond acceptors (Lipinski definition) is 1. The minimum absolute atomic E-state index is 0.846. The molecule has 0 aliphatic carbocycles. The van der Waals surface area contributed by atoms with Gasteiger partial charge in [0.05, 0.1) is 0 Å². The first-order chi connectivity index (χ1) is 10.9. The third-order valence-electron chi connectivity index (χ3n) is 3.44. The molecule has 0 aliphatic heterocycles. The summed E-state index contributed by atoms with van der Waals surface area (Å²) in [6, 6.07) is 26.5. The Kier molecular flexibility index (Phi) is 4.35. The Morgan fingerprint density at radius 3 is 2.09 bits per heavy atom. The van der Waals surface area contributed by atoms with Crippen molar-refractivity contribution in [2.24, 2.45) is 0 Å². The molecular weight excluding hydrogens is 268 g/mol. The van der Waals surface area contributed by atoms with Gasteiger partial charge in [0, 0.05) is 5.56 Å². The maximum atomic E-state index is 6.07. The van der Waals surface area contributed by atoms with Crippen molar-refractivity contribution in [3.63, 3.8) is 0 Å². The predicted molar refractivity (Wildman–Crippen MR) is 93.1 cm³/mol. The fourth-order valence-corrected chi connectivity index (χ4v) is 2.37. The van der Waals surface area contributed by atoms with Gasteiger partial charge in [-0.2, -0.15) is 0 Å². The molecule has 0 aromatic heterocycles. The second kappa shape index (κ2) is 6.77. The lowest BCUT2D eigenvalue weighted by Gasteiger charge is -2.11. The highest BCUT2D eigenvalue weighted by atomic mass is 16.5. The van der Waals surface area contributed by atoms with Crippen LogP contribution in [0.5, 0.6) is 11.5 Å². The van der Waals surface area contributed by atoms with Crippen LogP contribution < -0.4 is 4.74 Å². The number of benzene rings is 3. The van der Waals surface area contributed by atoms with Crippen molar-refractivity contribution in [2.45, 2.75) is 6.92 Å². The minimum atomic E-state index is 0.846. The molecule has 3 aromatic rings. The SMILES string of the molecule is C/C=C/c1ccc(-c2ccccc2)cc1Oc1ccccc1. The molecule has 0 saturated carbocycles. The molecule has 0 radical (unpaired) electrons. The monoisotopic (exact) mass is 286 g/mol. The van der Waals surface area contributed by atoms with Crippen molar-refractivity contribution in [1.82, 2.24) is 0 Å². The van der Waals surface area contributed by atoms with E-state index in [9.17, 15) is 0 Å². The molecule has 0 atom stereocenters. The smallest absolute Gasteiger partial charge is 0.135 e. The van der Waals surface area contributed by atoms with E-state index in [-0.39, 0.29) is 0 Å². The maximum absolute atomic E-state index is 6.07. The van der Waals surface area contributed by atoms with Crippen LogP contribution in [-0.4, -0.2) is 0 Å². The molecule has 0 amide bonds. The second-order valence-corrected chi connectivity index (χ2v) is 5.03. The topological polar surface area (TPSA) is 9.23 Å². The first-order valence-electron chi connectivity index (χ1n) is 7.42. The van der Waals surface area contributed by atoms with Crippen LogP contribution in [0.15, 0.2) is 84.9 Å². The Balaban J connectivity index is 2.01. The highest BCUT2D eigenvalue weighted by Gasteiger charge is 2.06. The largest absolute Gasteiger partial charge is 0.457 e. The molecule has 1 heteroatoms. The summed E-state index contributed by atoms with van der Waals surface area (Å²) >= 11 is 0. The fraction of sp³-hybridized carbons (Fsp3) is 0.0476. The summed E-state index contributed by atoms with van der Waals surface area (Å²) in [5.74, 6) is 1.71. The van der Waals surface area contributed by atoms with Crippen molar-refractivity contribution in [2.75, 3.05) is 0 Å². The van der Waals surface area contributed by atoms with Gasteiger partial charge in [-0.3, -0.25) is 0 Å². The summed E-state index contributed by atoms with van der Waals surface area (Å²) in [6.07, 6.45) is 4.09. The molecule has 0 fully saturated rings. The van der Waals surface area contributed by atoms with Gasteiger partial charge in [0.2, 0.25) is 0 Å². The average Bonchev–Trinajstić information content (AvgIpc) is 2.58. The lowest BCUT2D eigenvalue weighted by molar-refractivity contribution is 0.482. The van der Waals surface area contributed by atoms with E-state index in [1.807, 2.05) is 61.5 Å². The van der Waals surface area contributed by atoms with E-state index >= 15 is 0 Å². The maximum Gasteiger partial charge on any atom is 0.135 e. The Morgan fingerprint density at radius 2 is 1.41 bits per heavy atom. The molecule has 3 aromatic carbocycles. The molecule has 0 saturated heterocycles. The predicted octanol–water partition coefficient (Wildman–Crippen LogP) is 6.18. The zero-order valence-electron chi connectivity index (χ0n) is 12.6. The average molecular weight is 286 g/mol. The van der Waals surface area contributed by atoms with Crippen molar-refractivity contribution < 1.29 is 4.74 Å². The number of ether oxygens (including phenoxy) is 1. The molecule has 0 unspecified atom stereocenters. The molecule has 0 heterocycles. The van der Waals surface area contributed by atoms with Gasteiger partial charge in [0.15, 0.2) is 0 Å². The molecule has 108 valence electrons. The van der Waals surface area contributed by atoms with Gasteiger partial charge in [-0.15, -0.1) is 0 Å². The molecule has 3 rings (SSSR count). The van der Waals surface area contributed by atoms with Gasteiger partial charge in [-0.05, 0) is 36.2 Å². The van der Waals surface area contributed by atoms with Crippen LogP contribution in [0.4, 0.5) is 0 Å². The molecule has 0 N–H and O–H groups in total. The second-order valence-electron chi connectivity index (χ2n) is 5.03. The van der Waals surface area contributed by atoms with Gasteiger partial charge < -0.3 is 4.74 Å². The van der Waals surface area contributed by atoms with Crippen LogP contribution in [0.2, 0.25) is 0 Å². The van der Waals surface area contributed by atoms with E-state index in [2.05, 4.69) is 36.4 Å². The third kappa shape index (κ3) is 3.26. The van der Waals surface area contributed by atoms with Crippen molar-refractivity contribution >= 4 is 6.08 Å². The number of para-hydroxylation sites is 1. The van der Waals surface area contributed by atoms with Gasteiger partial charge >= 0.3 is 0 Å². The van der Waals surface area contributed by atoms with Crippen molar-refractivity contribution in [3.8, 4) is 22.6 Å². The van der Waals surface area contributed by atoms with E-state index in [1.165, 1.54) is 5.56 Å². The Morgan fingerprint density at radius 1 is 0.727 bits per heavy atom. The van der Waals surface area contributed by atoms with Crippen LogP contribution in [0, 0.1) is 0 Å². The van der Waals surface area contributed by atoms with Crippen LogP contribution in [0.3, 0.4) is 0 Å².